The number of hydrogen-bond donors (Lipinski definition) is 2. The zero-order chi connectivity index (χ0) is 13.7. The highest BCUT2D eigenvalue weighted by molar-refractivity contribution is 7.99. The van der Waals surface area contributed by atoms with E-state index in [1.54, 1.807) is 24.3 Å². The van der Waals surface area contributed by atoms with Gasteiger partial charge in [-0.15, -0.1) is 11.8 Å². The van der Waals surface area contributed by atoms with Gasteiger partial charge < -0.3 is 10.2 Å². The predicted octanol–water partition coefficient (Wildman–Crippen LogP) is 3.21. The Morgan fingerprint density at radius 3 is 2.32 bits per heavy atom. The lowest BCUT2D eigenvalue weighted by atomic mass is 10.2. The number of thioether (sulfide) groups is 1. The number of carbonyl (C=O) groups is 1. The lowest BCUT2D eigenvalue weighted by molar-refractivity contribution is 0.0693. The molecule has 1 atom stereocenters. The molecule has 0 aromatic heterocycles. The van der Waals surface area contributed by atoms with Crippen LogP contribution in [0.3, 0.4) is 0 Å². The Balaban J connectivity index is 2.27. The summed E-state index contributed by atoms with van der Waals surface area (Å²) in [7, 11) is 0. The first-order valence-corrected chi connectivity index (χ1v) is 6.75. The van der Waals surface area contributed by atoms with E-state index in [1.807, 2.05) is 30.3 Å². The fourth-order valence-electron chi connectivity index (χ4n) is 1.78. The molecule has 0 aliphatic rings. The fourth-order valence-corrected chi connectivity index (χ4v) is 2.89. The molecule has 1 unspecified atom stereocenters. The molecular formula is C15H14O3S. The third-order valence-corrected chi connectivity index (χ3v) is 4.04. The van der Waals surface area contributed by atoms with E-state index in [1.165, 1.54) is 11.8 Å². The fraction of sp³-hybridized carbons (Fsp3) is 0.133. The van der Waals surface area contributed by atoms with Gasteiger partial charge in [-0.05, 0) is 17.7 Å². The molecule has 0 bridgehead atoms. The highest BCUT2D eigenvalue weighted by Crippen LogP contribution is 2.36. The Hall–Kier alpha value is -1.78. The minimum Gasteiger partial charge on any atom is -0.478 e. The van der Waals surface area contributed by atoms with Gasteiger partial charge in [0.05, 0.1) is 17.4 Å². The maximum atomic E-state index is 11.2. The first kappa shape index (κ1) is 13.6. The molecule has 0 saturated heterocycles. The van der Waals surface area contributed by atoms with Crippen LogP contribution >= 0.6 is 11.8 Å². The van der Waals surface area contributed by atoms with E-state index < -0.39 is 5.97 Å². The molecule has 0 amide bonds. The Bertz CT molecular complexity index is 554. The summed E-state index contributed by atoms with van der Waals surface area (Å²) < 4.78 is 0. The molecule has 0 radical (unpaired) electrons. The third-order valence-electron chi connectivity index (χ3n) is 2.72. The van der Waals surface area contributed by atoms with Crippen molar-refractivity contribution >= 4 is 17.7 Å². The van der Waals surface area contributed by atoms with Crippen LogP contribution in [0.15, 0.2) is 59.5 Å². The Morgan fingerprint density at radius 1 is 1.05 bits per heavy atom. The molecule has 0 aliphatic heterocycles. The van der Waals surface area contributed by atoms with E-state index in [0.29, 0.717) is 4.90 Å². The number of carboxylic acid groups (broad SMARTS) is 1. The molecule has 2 aromatic rings. The number of aliphatic hydroxyl groups is 1. The first-order valence-electron chi connectivity index (χ1n) is 5.87. The molecule has 19 heavy (non-hydrogen) atoms. The molecule has 0 heterocycles. The molecule has 2 aromatic carbocycles. The van der Waals surface area contributed by atoms with Crippen LogP contribution in [0.1, 0.15) is 21.2 Å². The average Bonchev–Trinajstić information content (AvgIpc) is 2.46. The maximum absolute atomic E-state index is 11.2. The van der Waals surface area contributed by atoms with Gasteiger partial charge in [0.2, 0.25) is 0 Å². The predicted molar refractivity (Wildman–Crippen MR) is 75.5 cm³/mol. The third kappa shape index (κ3) is 3.36. The van der Waals surface area contributed by atoms with Crippen molar-refractivity contribution in [2.24, 2.45) is 0 Å². The van der Waals surface area contributed by atoms with Crippen LogP contribution in [0.25, 0.3) is 0 Å². The number of carboxylic acids is 1. The number of aromatic carboxylic acids is 1. The molecule has 2 rings (SSSR count). The van der Waals surface area contributed by atoms with Gasteiger partial charge in [-0.2, -0.15) is 0 Å². The summed E-state index contributed by atoms with van der Waals surface area (Å²) >= 11 is 1.37. The molecule has 0 spiro atoms. The average molecular weight is 274 g/mol. The highest BCUT2D eigenvalue weighted by atomic mass is 32.2. The summed E-state index contributed by atoms with van der Waals surface area (Å²) in [5.41, 5.74) is 1.25. The zero-order valence-corrected chi connectivity index (χ0v) is 11.0. The van der Waals surface area contributed by atoms with Gasteiger partial charge in [-0.1, -0.05) is 42.5 Å². The van der Waals surface area contributed by atoms with Gasteiger partial charge in [0, 0.05) is 4.90 Å². The van der Waals surface area contributed by atoms with E-state index in [4.69, 9.17) is 5.11 Å². The highest BCUT2D eigenvalue weighted by Gasteiger charge is 2.16. The molecular weight excluding hydrogens is 260 g/mol. The van der Waals surface area contributed by atoms with E-state index >= 15 is 0 Å². The van der Waals surface area contributed by atoms with Crippen LogP contribution in [0.2, 0.25) is 0 Å². The van der Waals surface area contributed by atoms with Crippen LogP contribution in [0.5, 0.6) is 0 Å². The van der Waals surface area contributed by atoms with Crippen molar-refractivity contribution in [1.29, 1.82) is 0 Å². The van der Waals surface area contributed by atoms with Gasteiger partial charge in [-0.3, -0.25) is 0 Å². The summed E-state index contributed by atoms with van der Waals surface area (Å²) in [6.07, 6.45) is 0. The summed E-state index contributed by atoms with van der Waals surface area (Å²) in [6.45, 7) is -0.0391. The number of benzene rings is 2. The molecule has 98 valence electrons. The van der Waals surface area contributed by atoms with Gasteiger partial charge in [0.25, 0.3) is 0 Å². The van der Waals surface area contributed by atoms with Crippen LogP contribution in [0.4, 0.5) is 0 Å². The normalized spacial score (nSPS) is 12.1. The quantitative estimate of drug-likeness (QED) is 0.822. The van der Waals surface area contributed by atoms with Crippen LogP contribution in [-0.2, 0) is 0 Å². The van der Waals surface area contributed by atoms with Crippen molar-refractivity contribution in [3.8, 4) is 0 Å². The summed E-state index contributed by atoms with van der Waals surface area (Å²) in [5.74, 6) is -0.951. The second-order valence-electron chi connectivity index (χ2n) is 4.00. The Kier molecular flexibility index (Phi) is 4.60. The summed E-state index contributed by atoms with van der Waals surface area (Å²) in [6, 6.07) is 16.4. The monoisotopic (exact) mass is 274 g/mol. The van der Waals surface area contributed by atoms with E-state index in [9.17, 15) is 9.90 Å². The first-order chi connectivity index (χ1) is 9.22. The van der Waals surface area contributed by atoms with Gasteiger partial charge in [-0.25, -0.2) is 4.79 Å². The van der Waals surface area contributed by atoms with Crippen LogP contribution < -0.4 is 0 Å². The molecule has 0 aliphatic carbocycles. The lowest BCUT2D eigenvalue weighted by Crippen LogP contribution is -2.03. The summed E-state index contributed by atoms with van der Waals surface area (Å²) in [5, 5.41) is 18.5. The number of aliphatic hydroxyl groups excluding tert-OH is 1. The van der Waals surface area contributed by atoms with E-state index in [2.05, 4.69) is 0 Å². The minimum atomic E-state index is -0.951. The number of rotatable bonds is 5. The second-order valence-corrected chi connectivity index (χ2v) is 5.25. The van der Waals surface area contributed by atoms with Gasteiger partial charge >= 0.3 is 5.97 Å². The van der Waals surface area contributed by atoms with Crippen LogP contribution in [-0.4, -0.2) is 22.8 Å². The van der Waals surface area contributed by atoms with Crippen LogP contribution in [0, 0.1) is 0 Å². The smallest absolute Gasteiger partial charge is 0.336 e. The van der Waals surface area contributed by atoms with Crippen molar-refractivity contribution in [2.45, 2.75) is 10.1 Å². The zero-order valence-electron chi connectivity index (χ0n) is 10.2. The SMILES string of the molecule is O=C(O)c1ccccc1SC(CO)c1ccccc1. The van der Waals surface area contributed by atoms with Crippen molar-refractivity contribution in [1.82, 2.24) is 0 Å². The Morgan fingerprint density at radius 2 is 1.68 bits per heavy atom. The topological polar surface area (TPSA) is 57.5 Å². The van der Waals surface area contributed by atoms with Crippen molar-refractivity contribution in [3.05, 3.63) is 65.7 Å². The van der Waals surface area contributed by atoms with E-state index in [0.717, 1.165) is 5.56 Å². The molecule has 4 heteroatoms. The molecule has 2 N–H and O–H groups in total. The molecule has 0 saturated carbocycles. The molecule has 0 fully saturated rings. The number of hydrogen-bond acceptors (Lipinski definition) is 3. The van der Waals surface area contributed by atoms with Gasteiger partial charge in [0.15, 0.2) is 0 Å². The lowest BCUT2D eigenvalue weighted by Gasteiger charge is -2.15. The van der Waals surface area contributed by atoms with Crippen molar-refractivity contribution in [2.75, 3.05) is 6.61 Å². The van der Waals surface area contributed by atoms with E-state index in [-0.39, 0.29) is 17.4 Å². The largest absolute Gasteiger partial charge is 0.478 e. The molecule has 3 nitrogen and oxygen atoms in total. The van der Waals surface area contributed by atoms with Crippen molar-refractivity contribution in [3.63, 3.8) is 0 Å². The standard InChI is InChI=1S/C15H14O3S/c16-10-14(11-6-2-1-3-7-11)19-13-9-5-4-8-12(13)15(17)18/h1-9,14,16H,10H2,(H,17,18). The maximum Gasteiger partial charge on any atom is 0.336 e. The second kappa shape index (κ2) is 6.41. The summed E-state index contributed by atoms with van der Waals surface area (Å²) in [4.78, 5) is 11.8. The Labute approximate surface area is 115 Å². The van der Waals surface area contributed by atoms with Crippen molar-refractivity contribution < 1.29 is 15.0 Å². The minimum absolute atomic E-state index is 0.0391. The van der Waals surface area contributed by atoms with Gasteiger partial charge in [0.1, 0.15) is 0 Å².